The molecular formula is C17H12N4O5. The van der Waals surface area contributed by atoms with Gasteiger partial charge >= 0.3 is 0 Å². The molecule has 0 bridgehead atoms. The molecule has 1 aliphatic rings. The average molecular weight is 352 g/mol. The Balaban J connectivity index is 1.59. The number of nitro benzene ring substituents is 1. The molecule has 26 heavy (non-hydrogen) atoms. The molecule has 0 radical (unpaired) electrons. The zero-order chi connectivity index (χ0) is 18.7. The number of rotatable bonds is 5. The molecule has 2 aromatic carbocycles. The summed E-state index contributed by atoms with van der Waals surface area (Å²) < 4.78 is 0. The number of carbonyl (C=O) groups excluding carboxylic acids is 3. The summed E-state index contributed by atoms with van der Waals surface area (Å²) in [5, 5.41) is 14.3. The normalized spacial score (nSPS) is 13.2. The number of benzene rings is 2. The third-order valence-corrected chi connectivity index (χ3v) is 3.69. The highest BCUT2D eigenvalue weighted by molar-refractivity contribution is 6.22. The SMILES string of the molecule is O=C(CN1C(=O)c2ccccc2C1=O)N/N=C/c1ccc([N+](=O)[O-])cc1. The highest BCUT2D eigenvalue weighted by Crippen LogP contribution is 2.21. The predicted molar refractivity (Wildman–Crippen MR) is 90.6 cm³/mol. The van der Waals surface area contributed by atoms with Crippen LogP contribution in [0.5, 0.6) is 0 Å². The Morgan fingerprint density at radius 2 is 1.65 bits per heavy atom. The average Bonchev–Trinajstić information content (AvgIpc) is 2.87. The Labute approximate surface area is 147 Å². The van der Waals surface area contributed by atoms with Crippen LogP contribution in [0.2, 0.25) is 0 Å². The fourth-order valence-electron chi connectivity index (χ4n) is 2.42. The Bertz CT molecular complexity index is 901. The van der Waals surface area contributed by atoms with Gasteiger partial charge in [0.25, 0.3) is 23.4 Å². The van der Waals surface area contributed by atoms with E-state index in [-0.39, 0.29) is 16.8 Å². The number of carbonyl (C=O) groups is 3. The van der Waals surface area contributed by atoms with Gasteiger partial charge in [-0.15, -0.1) is 0 Å². The monoisotopic (exact) mass is 352 g/mol. The summed E-state index contributed by atoms with van der Waals surface area (Å²) in [5.41, 5.74) is 3.22. The summed E-state index contributed by atoms with van der Waals surface area (Å²) in [6.45, 7) is -0.454. The molecule has 0 spiro atoms. The number of imide groups is 1. The van der Waals surface area contributed by atoms with Crippen molar-refractivity contribution in [3.05, 3.63) is 75.3 Å². The zero-order valence-electron chi connectivity index (χ0n) is 13.3. The third kappa shape index (κ3) is 3.31. The van der Waals surface area contributed by atoms with Crippen molar-refractivity contribution in [2.75, 3.05) is 6.54 Å². The minimum Gasteiger partial charge on any atom is -0.271 e. The van der Waals surface area contributed by atoms with Crippen molar-refractivity contribution in [2.45, 2.75) is 0 Å². The molecular weight excluding hydrogens is 340 g/mol. The molecule has 0 saturated heterocycles. The lowest BCUT2D eigenvalue weighted by Gasteiger charge is -2.11. The second-order valence-electron chi connectivity index (χ2n) is 5.38. The molecule has 0 atom stereocenters. The van der Waals surface area contributed by atoms with Crippen LogP contribution in [0.25, 0.3) is 0 Å². The fourth-order valence-corrected chi connectivity index (χ4v) is 2.42. The molecule has 3 amide bonds. The van der Waals surface area contributed by atoms with Gasteiger partial charge in [0.05, 0.1) is 22.3 Å². The van der Waals surface area contributed by atoms with Crippen LogP contribution in [0, 0.1) is 10.1 Å². The number of non-ortho nitro benzene ring substituents is 1. The minimum atomic E-state index is -0.641. The van der Waals surface area contributed by atoms with Crippen LogP contribution in [0.4, 0.5) is 5.69 Å². The quantitative estimate of drug-likeness (QED) is 0.377. The molecule has 0 aromatic heterocycles. The molecule has 0 unspecified atom stereocenters. The smallest absolute Gasteiger partial charge is 0.269 e. The second-order valence-corrected chi connectivity index (χ2v) is 5.38. The van der Waals surface area contributed by atoms with Gasteiger partial charge in [-0.2, -0.15) is 5.10 Å². The summed E-state index contributed by atoms with van der Waals surface area (Å²) in [6.07, 6.45) is 1.30. The summed E-state index contributed by atoms with van der Waals surface area (Å²) in [6, 6.07) is 11.9. The number of nitrogens with zero attached hydrogens (tertiary/aromatic N) is 3. The maximum atomic E-state index is 12.2. The van der Waals surface area contributed by atoms with Crippen molar-refractivity contribution in [1.82, 2.24) is 10.3 Å². The van der Waals surface area contributed by atoms with E-state index in [2.05, 4.69) is 10.5 Å². The van der Waals surface area contributed by atoms with Crippen molar-refractivity contribution in [2.24, 2.45) is 5.10 Å². The number of fused-ring (bicyclic) bond motifs is 1. The highest BCUT2D eigenvalue weighted by atomic mass is 16.6. The van der Waals surface area contributed by atoms with E-state index in [1.54, 1.807) is 12.1 Å². The first-order valence-corrected chi connectivity index (χ1v) is 7.49. The maximum absolute atomic E-state index is 12.2. The zero-order valence-corrected chi connectivity index (χ0v) is 13.3. The van der Waals surface area contributed by atoms with Crippen molar-refractivity contribution < 1.29 is 19.3 Å². The summed E-state index contributed by atoms with van der Waals surface area (Å²) in [4.78, 5) is 47.1. The lowest BCUT2D eigenvalue weighted by atomic mass is 10.1. The largest absolute Gasteiger partial charge is 0.271 e. The lowest BCUT2D eigenvalue weighted by Crippen LogP contribution is -2.38. The highest BCUT2D eigenvalue weighted by Gasteiger charge is 2.36. The molecule has 3 rings (SSSR count). The van der Waals surface area contributed by atoms with Gasteiger partial charge in [0.2, 0.25) is 0 Å². The number of hydrogen-bond donors (Lipinski definition) is 1. The molecule has 130 valence electrons. The minimum absolute atomic E-state index is 0.0585. The number of amides is 3. The van der Waals surface area contributed by atoms with Crippen molar-refractivity contribution in [3.63, 3.8) is 0 Å². The topological polar surface area (TPSA) is 122 Å². The van der Waals surface area contributed by atoms with Crippen molar-refractivity contribution in [1.29, 1.82) is 0 Å². The lowest BCUT2D eigenvalue weighted by molar-refractivity contribution is -0.384. The van der Waals surface area contributed by atoms with E-state index < -0.39 is 29.2 Å². The van der Waals surface area contributed by atoms with Crippen LogP contribution in [-0.2, 0) is 4.79 Å². The van der Waals surface area contributed by atoms with E-state index in [0.29, 0.717) is 5.56 Å². The molecule has 0 fully saturated rings. The number of hydrazone groups is 1. The molecule has 9 heteroatoms. The van der Waals surface area contributed by atoms with Gasteiger partial charge in [-0.05, 0) is 29.8 Å². The molecule has 1 N–H and O–H groups in total. The molecule has 0 saturated carbocycles. The van der Waals surface area contributed by atoms with Crippen LogP contribution in [0.3, 0.4) is 0 Å². The Morgan fingerprint density at radius 1 is 1.08 bits per heavy atom. The molecule has 2 aromatic rings. The molecule has 1 aliphatic heterocycles. The van der Waals surface area contributed by atoms with E-state index in [0.717, 1.165) is 4.90 Å². The van der Waals surface area contributed by atoms with Gasteiger partial charge < -0.3 is 0 Å². The van der Waals surface area contributed by atoms with Crippen LogP contribution in [0.1, 0.15) is 26.3 Å². The van der Waals surface area contributed by atoms with E-state index in [1.807, 2.05) is 0 Å². The van der Waals surface area contributed by atoms with Gasteiger partial charge in [-0.1, -0.05) is 12.1 Å². The third-order valence-electron chi connectivity index (χ3n) is 3.69. The van der Waals surface area contributed by atoms with E-state index in [4.69, 9.17) is 0 Å². The van der Waals surface area contributed by atoms with Crippen LogP contribution in [-0.4, -0.2) is 40.3 Å². The first-order chi connectivity index (χ1) is 12.5. The first kappa shape index (κ1) is 17.0. The van der Waals surface area contributed by atoms with Crippen molar-refractivity contribution in [3.8, 4) is 0 Å². The summed E-state index contributed by atoms with van der Waals surface area (Å²) in [5.74, 6) is -1.70. The molecule has 0 aliphatic carbocycles. The fraction of sp³-hybridized carbons (Fsp3) is 0.0588. The van der Waals surface area contributed by atoms with Gasteiger partial charge in [-0.3, -0.25) is 29.4 Å². The standard InChI is InChI=1S/C17H12N4O5/c22-15(19-18-9-11-5-7-12(8-6-11)21(25)26)10-20-16(23)13-3-1-2-4-14(13)17(20)24/h1-9H,10H2,(H,19,22)/b18-9+. The van der Waals surface area contributed by atoms with Crippen molar-refractivity contribution >= 4 is 29.6 Å². The van der Waals surface area contributed by atoms with Crippen LogP contribution >= 0.6 is 0 Å². The van der Waals surface area contributed by atoms with E-state index >= 15 is 0 Å². The summed E-state index contributed by atoms with van der Waals surface area (Å²) >= 11 is 0. The maximum Gasteiger partial charge on any atom is 0.269 e. The molecule has 9 nitrogen and oxygen atoms in total. The van der Waals surface area contributed by atoms with Gasteiger partial charge in [-0.25, -0.2) is 5.43 Å². The molecule has 1 heterocycles. The Hall–Kier alpha value is -3.88. The van der Waals surface area contributed by atoms with Crippen LogP contribution < -0.4 is 5.43 Å². The van der Waals surface area contributed by atoms with E-state index in [9.17, 15) is 24.5 Å². The Morgan fingerprint density at radius 3 is 2.19 bits per heavy atom. The summed E-state index contributed by atoms with van der Waals surface area (Å²) in [7, 11) is 0. The number of nitro groups is 1. The second kappa shape index (κ2) is 6.93. The van der Waals surface area contributed by atoms with Gasteiger partial charge in [0.1, 0.15) is 6.54 Å². The predicted octanol–water partition coefficient (Wildman–Crippen LogP) is 1.34. The van der Waals surface area contributed by atoms with Gasteiger partial charge in [0, 0.05) is 12.1 Å². The number of nitrogens with one attached hydrogen (secondary N) is 1. The Kier molecular flexibility index (Phi) is 4.52. The van der Waals surface area contributed by atoms with Gasteiger partial charge in [0.15, 0.2) is 0 Å². The first-order valence-electron chi connectivity index (χ1n) is 7.49. The number of hydrogen-bond acceptors (Lipinski definition) is 6. The van der Waals surface area contributed by atoms with E-state index in [1.165, 1.54) is 42.6 Å². The van der Waals surface area contributed by atoms with Crippen LogP contribution in [0.15, 0.2) is 53.6 Å².